The Bertz CT molecular complexity index is 737. The molecule has 2 rings (SSSR count). The zero-order valence-electron chi connectivity index (χ0n) is 15.6. The van der Waals surface area contributed by atoms with Gasteiger partial charge in [0.25, 0.3) is 0 Å². The zero-order chi connectivity index (χ0) is 19.6. The van der Waals surface area contributed by atoms with E-state index in [2.05, 4.69) is 15.5 Å². The molecule has 1 amide bonds. The fourth-order valence-corrected chi connectivity index (χ4v) is 4.73. The first kappa shape index (κ1) is 21.2. The summed E-state index contributed by atoms with van der Waals surface area (Å²) in [5.41, 5.74) is -0.583. The first-order valence-electron chi connectivity index (χ1n) is 8.60. The van der Waals surface area contributed by atoms with Crippen molar-refractivity contribution >= 4 is 32.2 Å². The normalized spacial score (nSPS) is 19.3. The molecule has 0 radical (unpaired) electrons. The lowest BCUT2D eigenvalue weighted by atomic mass is 9.96. The van der Waals surface area contributed by atoms with Gasteiger partial charge in [-0.1, -0.05) is 25.2 Å². The molecule has 148 valence electrons. The molecule has 0 aliphatic carbocycles. The van der Waals surface area contributed by atoms with Crippen LogP contribution in [0.4, 0.5) is 5.13 Å². The Morgan fingerprint density at radius 1 is 1.31 bits per heavy atom. The first-order valence-corrected chi connectivity index (χ1v) is 11.1. The summed E-state index contributed by atoms with van der Waals surface area (Å²) >= 11 is 1.12. The largest absolute Gasteiger partial charge is 0.395 e. The Morgan fingerprint density at radius 2 is 2.00 bits per heavy atom. The van der Waals surface area contributed by atoms with E-state index in [0.29, 0.717) is 18.0 Å². The van der Waals surface area contributed by atoms with Gasteiger partial charge in [-0.15, -0.1) is 10.2 Å². The predicted molar refractivity (Wildman–Crippen MR) is 100 cm³/mol. The Labute approximate surface area is 158 Å². The number of aliphatic hydroxyl groups excluding tert-OH is 1. The molecular formula is C16H27N3O5S2. The third-order valence-electron chi connectivity index (χ3n) is 4.62. The standard InChI is InChI=1S/C16H27N3O5S2/c1-15(2,10-20)13-18-19-14(25-13)17-12(21)16(3,4)26(22,23)9-11-7-5-6-8-24-11/h11,20H,5-10H2,1-4H3,(H,17,19,21)/t11-/m0/s1. The number of ether oxygens (including phenoxy) is 1. The molecule has 26 heavy (non-hydrogen) atoms. The third-order valence-corrected chi connectivity index (χ3v) is 8.38. The summed E-state index contributed by atoms with van der Waals surface area (Å²) in [4.78, 5) is 12.6. The average Bonchev–Trinajstić information content (AvgIpc) is 3.04. The lowest BCUT2D eigenvalue weighted by Crippen LogP contribution is -2.48. The molecule has 1 aromatic rings. The van der Waals surface area contributed by atoms with Gasteiger partial charge >= 0.3 is 0 Å². The molecule has 1 aliphatic heterocycles. The number of hydrogen-bond acceptors (Lipinski definition) is 8. The second kappa shape index (κ2) is 7.87. The van der Waals surface area contributed by atoms with E-state index in [4.69, 9.17) is 4.74 Å². The van der Waals surface area contributed by atoms with Crippen LogP contribution in [-0.4, -0.2) is 59.4 Å². The molecule has 0 unspecified atom stereocenters. The van der Waals surface area contributed by atoms with Gasteiger partial charge in [0, 0.05) is 12.0 Å². The number of nitrogens with zero attached hydrogens (tertiary/aromatic N) is 2. The van der Waals surface area contributed by atoms with Crippen LogP contribution < -0.4 is 5.32 Å². The number of anilines is 1. The topological polar surface area (TPSA) is 118 Å². The highest BCUT2D eigenvalue weighted by molar-refractivity contribution is 7.93. The number of aliphatic hydroxyl groups is 1. The van der Waals surface area contributed by atoms with Crippen molar-refractivity contribution in [2.75, 3.05) is 24.3 Å². The molecule has 2 N–H and O–H groups in total. The van der Waals surface area contributed by atoms with E-state index in [0.717, 1.165) is 24.2 Å². The lowest BCUT2D eigenvalue weighted by Gasteiger charge is -2.28. The first-order chi connectivity index (χ1) is 12.0. The number of aromatic nitrogens is 2. The van der Waals surface area contributed by atoms with Crippen LogP contribution in [0.5, 0.6) is 0 Å². The van der Waals surface area contributed by atoms with Gasteiger partial charge in [0.05, 0.1) is 18.5 Å². The molecule has 0 bridgehead atoms. The summed E-state index contributed by atoms with van der Waals surface area (Å²) in [6, 6.07) is 0. The van der Waals surface area contributed by atoms with Crippen LogP contribution >= 0.6 is 11.3 Å². The summed E-state index contributed by atoms with van der Waals surface area (Å²) in [7, 11) is -3.73. The van der Waals surface area contributed by atoms with Crippen molar-refractivity contribution in [2.24, 2.45) is 0 Å². The number of hydrogen-bond donors (Lipinski definition) is 2. The number of carbonyl (C=O) groups excluding carboxylic acids is 1. The summed E-state index contributed by atoms with van der Waals surface area (Å²) in [6.45, 7) is 6.83. The lowest BCUT2D eigenvalue weighted by molar-refractivity contribution is -0.117. The quantitative estimate of drug-likeness (QED) is 0.706. The monoisotopic (exact) mass is 405 g/mol. The van der Waals surface area contributed by atoms with Gasteiger partial charge in [0.2, 0.25) is 11.0 Å². The minimum atomic E-state index is -3.73. The van der Waals surface area contributed by atoms with E-state index in [1.54, 1.807) is 13.8 Å². The summed E-state index contributed by atoms with van der Waals surface area (Å²) in [5.74, 6) is -0.829. The van der Waals surface area contributed by atoms with Crippen molar-refractivity contribution in [2.45, 2.75) is 63.2 Å². The van der Waals surface area contributed by atoms with E-state index in [1.807, 2.05) is 0 Å². The SMILES string of the molecule is CC(C)(CO)c1nnc(NC(=O)C(C)(C)S(=O)(=O)C[C@@H]2CCCCO2)s1. The average molecular weight is 406 g/mol. The van der Waals surface area contributed by atoms with E-state index in [1.165, 1.54) is 13.8 Å². The molecule has 8 nitrogen and oxygen atoms in total. The second-order valence-corrected chi connectivity index (χ2v) is 11.2. The predicted octanol–water partition coefficient (Wildman–Crippen LogP) is 1.51. The molecule has 1 saturated heterocycles. The Hall–Kier alpha value is -1.10. The van der Waals surface area contributed by atoms with Gasteiger partial charge < -0.3 is 9.84 Å². The molecule has 0 aromatic carbocycles. The fourth-order valence-electron chi connectivity index (χ4n) is 2.40. The molecule has 10 heteroatoms. The molecule has 1 atom stereocenters. The van der Waals surface area contributed by atoms with Gasteiger partial charge in [0.1, 0.15) is 9.75 Å². The van der Waals surface area contributed by atoms with Crippen LogP contribution in [-0.2, 0) is 24.8 Å². The number of sulfone groups is 1. The Kier molecular flexibility index (Phi) is 6.42. The highest BCUT2D eigenvalue weighted by Gasteiger charge is 2.43. The van der Waals surface area contributed by atoms with Crippen molar-refractivity contribution in [3.05, 3.63) is 5.01 Å². The van der Waals surface area contributed by atoms with Crippen molar-refractivity contribution in [3.63, 3.8) is 0 Å². The summed E-state index contributed by atoms with van der Waals surface area (Å²) in [6.07, 6.45) is 2.19. The maximum Gasteiger partial charge on any atom is 0.247 e. The Morgan fingerprint density at radius 3 is 2.58 bits per heavy atom. The molecule has 0 saturated carbocycles. The van der Waals surface area contributed by atoms with Gasteiger partial charge in [0.15, 0.2) is 9.84 Å². The van der Waals surface area contributed by atoms with Crippen molar-refractivity contribution < 1.29 is 23.1 Å². The van der Waals surface area contributed by atoms with Crippen LogP contribution in [0.25, 0.3) is 0 Å². The highest BCUT2D eigenvalue weighted by atomic mass is 32.2. The van der Waals surface area contributed by atoms with Crippen LogP contribution in [0, 0.1) is 0 Å². The van der Waals surface area contributed by atoms with E-state index in [9.17, 15) is 18.3 Å². The van der Waals surface area contributed by atoms with Gasteiger partial charge in [-0.25, -0.2) is 8.42 Å². The number of nitrogens with one attached hydrogen (secondary N) is 1. The minimum absolute atomic E-state index is 0.114. The van der Waals surface area contributed by atoms with Gasteiger partial charge in [-0.3, -0.25) is 10.1 Å². The summed E-state index contributed by atoms with van der Waals surface area (Å²) < 4.78 is 29.4. The van der Waals surface area contributed by atoms with E-state index >= 15 is 0 Å². The van der Waals surface area contributed by atoms with Crippen LogP contribution in [0.1, 0.15) is 52.0 Å². The molecular weight excluding hydrogens is 378 g/mol. The molecule has 0 spiro atoms. The van der Waals surface area contributed by atoms with E-state index in [-0.39, 0.29) is 23.6 Å². The number of carbonyl (C=O) groups is 1. The minimum Gasteiger partial charge on any atom is -0.395 e. The van der Waals surface area contributed by atoms with E-state index < -0.39 is 25.9 Å². The van der Waals surface area contributed by atoms with Crippen LogP contribution in [0.3, 0.4) is 0 Å². The summed E-state index contributed by atoms with van der Waals surface area (Å²) in [5, 5.41) is 20.6. The maximum absolute atomic E-state index is 12.8. The van der Waals surface area contributed by atoms with Crippen molar-refractivity contribution in [3.8, 4) is 0 Å². The zero-order valence-corrected chi connectivity index (χ0v) is 17.2. The molecule has 2 heterocycles. The molecule has 1 aromatic heterocycles. The van der Waals surface area contributed by atoms with Gasteiger partial charge in [-0.2, -0.15) is 0 Å². The molecule has 1 fully saturated rings. The number of amides is 1. The van der Waals surface area contributed by atoms with Crippen LogP contribution in [0.2, 0.25) is 0 Å². The van der Waals surface area contributed by atoms with Gasteiger partial charge in [-0.05, 0) is 33.1 Å². The number of rotatable bonds is 7. The van der Waals surface area contributed by atoms with Crippen LogP contribution in [0.15, 0.2) is 0 Å². The maximum atomic E-state index is 12.8. The second-order valence-electron chi connectivity index (χ2n) is 7.69. The van der Waals surface area contributed by atoms with Crippen molar-refractivity contribution in [1.82, 2.24) is 10.2 Å². The Balaban J connectivity index is 2.09. The van der Waals surface area contributed by atoms with Crippen molar-refractivity contribution in [1.29, 1.82) is 0 Å². The fraction of sp³-hybridized carbons (Fsp3) is 0.812. The highest BCUT2D eigenvalue weighted by Crippen LogP contribution is 2.29. The third kappa shape index (κ3) is 4.59. The smallest absolute Gasteiger partial charge is 0.247 e. The molecule has 1 aliphatic rings.